The monoisotopic (exact) mass is 514 g/mol. The minimum atomic E-state index is -2.21. The van der Waals surface area contributed by atoms with Gasteiger partial charge in [-0.05, 0) is 59.8 Å². The van der Waals surface area contributed by atoms with Gasteiger partial charge in [0.2, 0.25) is 0 Å². The molecule has 0 heterocycles. The molecule has 4 aliphatic carbocycles. The molecule has 0 aliphatic heterocycles. The number of aliphatic hydroxyl groups is 3. The van der Waals surface area contributed by atoms with Crippen LogP contribution in [0.2, 0.25) is 0 Å². The van der Waals surface area contributed by atoms with E-state index in [1.807, 2.05) is 6.92 Å². The summed E-state index contributed by atoms with van der Waals surface area (Å²) in [7, 11) is 1.55. The Hall–Kier alpha value is -2.62. The molecule has 1 spiro atoms. The first-order chi connectivity index (χ1) is 17.4. The van der Waals surface area contributed by atoms with Crippen molar-refractivity contribution >= 4 is 11.7 Å². The molecule has 0 saturated heterocycles. The fraction of sp³-hybridized carbons (Fsp3) is 0.607. The zero-order valence-corrected chi connectivity index (χ0v) is 21.7. The number of benzene rings is 1. The van der Waals surface area contributed by atoms with Gasteiger partial charge >= 0.3 is 5.97 Å². The first-order valence-electron chi connectivity index (χ1n) is 12.8. The van der Waals surface area contributed by atoms with Gasteiger partial charge in [0.25, 0.3) is 0 Å². The van der Waals surface area contributed by atoms with E-state index in [9.17, 15) is 29.4 Å². The van der Waals surface area contributed by atoms with Gasteiger partial charge in [0.1, 0.15) is 29.6 Å². The maximum atomic E-state index is 14.7. The SMILES string of the molecule is CNc1cccc(F)c1C(=O)OC1C(C)=C[C@]23C(O)C(C=C(CN=O)C(O)[C@]12O)[C@H]1[C@@H](C[C@H]3C)C1(C)C. The highest BCUT2D eigenvalue weighted by Gasteiger charge is 2.76. The minimum absolute atomic E-state index is 0.0528. The number of fused-ring (bicyclic) bond motifs is 3. The van der Waals surface area contributed by atoms with Gasteiger partial charge in [-0.15, -0.1) is 0 Å². The van der Waals surface area contributed by atoms with Crippen LogP contribution in [0.5, 0.6) is 0 Å². The van der Waals surface area contributed by atoms with Crippen LogP contribution < -0.4 is 5.32 Å². The molecule has 1 aromatic carbocycles. The number of hydrogen-bond donors (Lipinski definition) is 4. The summed E-state index contributed by atoms with van der Waals surface area (Å²) in [5.41, 5.74) is -3.12. The third-order valence-electron chi connectivity index (χ3n) is 9.94. The number of carbonyl (C=O) groups is 1. The summed E-state index contributed by atoms with van der Waals surface area (Å²) in [4.78, 5) is 24.7. The van der Waals surface area contributed by atoms with Gasteiger partial charge in [-0.3, -0.25) is 0 Å². The van der Waals surface area contributed by atoms with Crippen molar-refractivity contribution in [3.05, 3.63) is 57.8 Å². The summed E-state index contributed by atoms with van der Waals surface area (Å²) in [5, 5.41) is 42.0. The zero-order valence-electron chi connectivity index (χ0n) is 21.7. The normalized spacial score (nSPS) is 41.3. The van der Waals surface area contributed by atoms with Crippen molar-refractivity contribution in [3.8, 4) is 0 Å². The predicted molar refractivity (Wildman–Crippen MR) is 135 cm³/mol. The fourth-order valence-corrected chi connectivity index (χ4v) is 8.08. The molecule has 4 aliphatic rings. The van der Waals surface area contributed by atoms with E-state index < -0.39 is 47.0 Å². The fourth-order valence-electron chi connectivity index (χ4n) is 8.08. The van der Waals surface area contributed by atoms with Crippen molar-refractivity contribution in [3.63, 3.8) is 0 Å². The Morgan fingerprint density at radius 2 is 2.00 bits per heavy atom. The number of rotatable bonds is 5. The lowest BCUT2D eigenvalue weighted by molar-refractivity contribution is -0.215. The van der Waals surface area contributed by atoms with Crippen LogP contribution in [0, 0.1) is 45.2 Å². The van der Waals surface area contributed by atoms with Crippen LogP contribution in [-0.2, 0) is 4.74 Å². The van der Waals surface area contributed by atoms with E-state index in [2.05, 4.69) is 24.3 Å². The third kappa shape index (κ3) is 3.26. The Morgan fingerprint density at radius 3 is 2.65 bits per heavy atom. The van der Waals surface area contributed by atoms with Crippen molar-refractivity contribution in [2.24, 2.45) is 39.7 Å². The molecule has 4 N–H and O–H groups in total. The van der Waals surface area contributed by atoms with Crippen LogP contribution in [0.1, 0.15) is 44.5 Å². The van der Waals surface area contributed by atoms with Crippen molar-refractivity contribution in [2.45, 2.75) is 58.0 Å². The Balaban J connectivity index is 1.65. The van der Waals surface area contributed by atoms with Crippen molar-refractivity contribution in [1.29, 1.82) is 0 Å². The second kappa shape index (κ2) is 8.44. The summed E-state index contributed by atoms with van der Waals surface area (Å²) in [5.74, 6) is -2.19. The lowest BCUT2D eigenvalue weighted by Gasteiger charge is -2.52. The Morgan fingerprint density at radius 1 is 1.30 bits per heavy atom. The van der Waals surface area contributed by atoms with Gasteiger partial charge in [0.05, 0.1) is 17.2 Å². The molecule has 37 heavy (non-hydrogen) atoms. The molecule has 200 valence electrons. The molecule has 0 amide bonds. The smallest absolute Gasteiger partial charge is 0.343 e. The summed E-state index contributed by atoms with van der Waals surface area (Å²) < 4.78 is 20.5. The molecule has 0 radical (unpaired) electrons. The van der Waals surface area contributed by atoms with Gasteiger partial charge in [-0.2, -0.15) is 4.91 Å². The molecule has 2 saturated carbocycles. The molecule has 0 aromatic heterocycles. The summed E-state index contributed by atoms with van der Waals surface area (Å²) in [6, 6.07) is 4.12. The average molecular weight is 515 g/mol. The van der Waals surface area contributed by atoms with Crippen LogP contribution in [0.25, 0.3) is 0 Å². The highest BCUT2D eigenvalue weighted by molar-refractivity contribution is 5.96. The van der Waals surface area contributed by atoms with E-state index in [4.69, 9.17) is 4.74 Å². The summed E-state index contributed by atoms with van der Waals surface area (Å²) >= 11 is 0. The topological polar surface area (TPSA) is 128 Å². The maximum absolute atomic E-state index is 14.7. The largest absolute Gasteiger partial charge is 0.451 e. The van der Waals surface area contributed by atoms with Crippen molar-refractivity contribution < 1.29 is 29.2 Å². The third-order valence-corrected chi connectivity index (χ3v) is 9.94. The Bertz CT molecular complexity index is 1210. The quantitative estimate of drug-likeness (QED) is 0.269. The van der Waals surface area contributed by atoms with Crippen LogP contribution in [0.3, 0.4) is 0 Å². The van der Waals surface area contributed by atoms with Crippen LogP contribution in [-0.4, -0.2) is 58.8 Å². The van der Waals surface area contributed by atoms with E-state index in [0.717, 1.165) is 6.07 Å². The molecule has 8 nitrogen and oxygen atoms in total. The van der Waals surface area contributed by atoms with E-state index in [0.29, 0.717) is 12.0 Å². The first kappa shape index (κ1) is 26.0. The summed E-state index contributed by atoms with van der Waals surface area (Å²) in [6.45, 7) is 7.50. The molecular weight excluding hydrogens is 479 g/mol. The summed E-state index contributed by atoms with van der Waals surface area (Å²) in [6.07, 6.45) is -0.0362. The van der Waals surface area contributed by atoms with Crippen LogP contribution in [0.4, 0.5) is 10.1 Å². The van der Waals surface area contributed by atoms with Gasteiger partial charge in [0, 0.05) is 13.0 Å². The highest BCUT2D eigenvalue weighted by atomic mass is 19.1. The number of carbonyl (C=O) groups excluding carboxylic acids is 1. The lowest BCUT2D eigenvalue weighted by Crippen LogP contribution is -2.66. The second-order valence-corrected chi connectivity index (χ2v) is 11.9. The lowest BCUT2D eigenvalue weighted by atomic mass is 9.58. The number of esters is 1. The molecular formula is C28H35FN2O6. The predicted octanol–water partition coefficient (Wildman–Crippen LogP) is 3.43. The number of ether oxygens (including phenoxy) is 1. The Kier molecular flexibility index (Phi) is 5.93. The number of nitroso groups, excluding NO2 is 1. The number of halogens is 1. The number of nitrogens with zero attached hydrogens (tertiary/aromatic N) is 1. The van der Waals surface area contributed by atoms with E-state index in [1.54, 1.807) is 26.1 Å². The number of aliphatic hydroxyl groups excluding tert-OH is 2. The maximum Gasteiger partial charge on any atom is 0.343 e. The molecule has 1 aromatic rings. The van der Waals surface area contributed by atoms with Gasteiger partial charge in [0.15, 0.2) is 6.10 Å². The van der Waals surface area contributed by atoms with Crippen molar-refractivity contribution in [1.82, 2.24) is 0 Å². The second-order valence-electron chi connectivity index (χ2n) is 11.9. The van der Waals surface area contributed by atoms with Gasteiger partial charge in [-0.25, -0.2) is 9.18 Å². The molecule has 2 bridgehead atoms. The zero-order chi connectivity index (χ0) is 27.1. The van der Waals surface area contributed by atoms with Crippen LogP contribution >= 0.6 is 0 Å². The standard InChI is InChI=1S/C28H35FN2O6/c1-13-11-27-14(2)9-17-21(26(17,3)4)16(23(27)33)10-15(12-31-36)22(32)28(27,35)24(13)37-25(34)20-18(29)7-6-8-19(20)30-5/h6-8,10-11,14,16-17,21-24,30,32-33,35H,9,12H2,1-5H3/t14-,16?,17-,21+,22?,23?,24?,27+,28+/m1/s1. The van der Waals surface area contributed by atoms with Crippen molar-refractivity contribution in [2.75, 3.05) is 18.9 Å². The highest BCUT2D eigenvalue weighted by Crippen LogP contribution is 2.72. The molecule has 4 unspecified atom stereocenters. The van der Waals surface area contributed by atoms with Gasteiger partial charge in [-0.1, -0.05) is 44.2 Å². The first-order valence-corrected chi connectivity index (χ1v) is 12.8. The van der Waals surface area contributed by atoms with E-state index >= 15 is 0 Å². The molecule has 9 atom stereocenters. The number of anilines is 1. The van der Waals surface area contributed by atoms with Crippen LogP contribution in [0.15, 0.2) is 46.7 Å². The Labute approximate surface area is 215 Å². The molecule has 2 fully saturated rings. The number of nitrogens with one attached hydrogen (secondary N) is 1. The van der Waals surface area contributed by atoms with Gasteiger partial charge < -0.3 is 25.4 Å². The molecule has 9 heteroatoms. The molecule has 5 rings (SSSR count). The minimum Gasteiger partial charge on any atom is -0.451 e. The van der Waals surface area contributed by atoms with E-state index in [1.165, 1.54) is 12.1 Å². The number of hydrogen-bond acceptors (Lipinski definition) is 8. The van der Waals surface area contributed by atoms with E-state index in [-0.39, 0.29) is 46.5 Å². The average Bonchev–Trinajstić information content (AvgIpc) is 3.34.